The number of hydrogen-bond donors (Lipinski definition) is 1. The van der Waals surface area contributed by atoms with Crippen molar-refractivity contribution in [2.75, 3.05) is 26.2 Å². The molecule has 1 aromatic rings. The summed E-state index contributed by atoms with van der Waals surface area (Å²) >= 11 is 2.27. The fraction of sp³-hybridized carbons (Fsp3) is 0.500. The number of carbonyl (C=O) groups is 2. The molecule has 0 unspecified atom stereocenters. The number of halogens is 1. The van der Waals surface area contributed by atoms with Crippen LogP contribution in [0.4, 0.5) is 4.79 Å². The third-order valence-corrected chi connectivity index (χ3v) is 5.68. The molecule has 0 bridgehead atoms. The molecule has 8 heteroatoms. The van der Waals surface area contributed by atoms with Crippen molar-refractivity contribution >= 4 is 40.3 Å². The minimum absolute atomic E-state index is 0.130. The first-order chi connectivity index (χ1) is 14.1. The van der Waals surface area contributed by atoms with Crippen molar-refractivity contribution in [1.29, 1.82) is 0 Å². The van der Waals surface area contributed by atoms with Crippen molar-refractivity contribution < 1.29 is 14.3 Å². The third kappa shape index (κ3) is 5.74. The fourth-order valence-corrected chi connectivity index (χ4v) is 3.80. The van der Waals surface area contributed by atoms with E-state index >= 15 is 0 Å². The second-order valence-corrected chi connectivity index (χ2v) is 9.84. The van der Waals surface area contributed by atoms with Gasteiger partial charge < -0.3 is 20.3 Å². The first kappa shape index (κ1) is 22.6. The monoisotopic (exact) mass is 524 g/mol. The van der Waals surface area contributed by atoms with Gasteiger partial charge in [-0.15, -0.1) is 0 Å². The molecule has 0 spiro atoms. The number of aliphatic imine (C=N–C) groups is 1. The van der Waals surface area contributed by atoms with E-state index in [2.05, 4.69) is 27.6 Å². The van der Waals surface area contributed by atoms with Crippen LogP contribution in [0.25, 0.3) is 0 Å². The first-order valence-electron chi connectivity index (χ1n) is 10.2. The molecule has 0 radical (unpaired) electrons. The highest BCUT2D eigenvalue weighted by Crippen LogP contribution is 2.22. The lowest BCUT2D eigenvalue weighted by atomic mass is 10.0. The van der Waals surface area contributed by atoms with Crippen LogP contribution >= 0.6 is 22.6 Å². The molecule has 0 saturated carbocycles. The van der Waals surface area contributed by atoms with E-state index in [1.165, 1.54) is 0 Å². The molecule has 1 aromatic carbocycles. The summed E-state index contributed by atoms with van der Waals surface area (Å²) < 4.78 is 6.65. The number of rotatable bonds is 3. The maximum atomic E-state index is 13.3. The van der Waals surface area contributed by atoms with Crippen LogP contribution in [0.15, 0.2) is 40.5 Å². The molecule has 3 rings (SSSR count). The zero-order valence-corrected chi connectivity index (χ0v) is 19.9. The molecule has 0 aliphatic carbocycles. The summed E-state index contributed by atoms with van der Waals surface area (Å²) in [7, 11) is 0. The Morgan fingerprint density at radius 1 is 1.23 bits per heavy atom. The molecule has 2 heterocycles. The predicted molar refractivity (Wildman–Crippen MR) is 125 cm³/mol. The maximum absolute atomic E-state index is 13.3. The zero-order valence-electron chi connectivity index (χ0n) is 17.8. The van der Waals surface area contributed by atoms with E-state index in [4.69, 9.17) is 10.5 Å². The van der Waals surface area contributed by atoms with Crippen molar-refractivity contribution in [1.82, 2.24) is 9.80 Å². The van der Waals surface area contributed by atoms with E-state index in [-0.39, 0.29) is 12.5 Å². The number of nitrogens with two attached hydrogens (primary N) is 1. The third-order valence-electron chi connectivity index (χ3n) is 4.96. The van der Waals surface area contributed by atoms with Crippen LogP contribution in [0.2, 0.25) is 0 Å². The largest absolute Gasteiger partial charge is 0.444 e. The van der Waals surface area contributed by atoms with Crippen LogP contribution in [0, 0.1) is 3.57 Å². The summed E-state index contributed by atoms with van der Waals surface area (Å²) in [5.74, 6) is -0.130. The Labute approximate surface area is 191 Å². The van der Waals surface area contributed by atoms with Gasteiger partial charge in [0, 0.05) is 47.4 Å². The Kier molecular flexibility index (Phi) is 7.05. The van der Waals surface area contributed by atoms with E-state index in [1.807, 2.05) is 49.9 Å². The SMILES string of the molecule is CC(C)(C)OC(=O)N1CCC(N)=C(C2=NCCCN(Cc3ccc(I)cc3)C2=O)C1. The molecule has 0 atom stereocenters. The molecule has 7 nitrogen and oxygen atoms in total. The zero-order chi connectivity index (χ0) is 21.9. The summed E-state index contributed by atoms with van der Waals surface area (Å²) in [4.78, 5) is 33.9. The topological polar surface area (TPSA) is 88.2 Å². The van der Waals surface area contributed by atoms with Gasteiger partial charge in [-0.05, 0) is 67.5 Å². The fourth-order valence-electron chi connectivity index (χ4n) is 3.44. The highest BCUT2D eigenvalue weighted by molar-refractivity contribution is 14.1. The van der Waals surface area contributed by atoms with Crippen molar-refractivity contribution in [3.63, 3.8) is 0 Å². The number of hydrogen-bond acceptors (Lipinski definition) is 5. The van der Waals surface area contributed by atoms with E-state index in [9.17, 15) is 9.59 Å². The summed E-state index contributed by atoms with van der Waals surface area (Å²) in [5, 5.41) is 0. The van der Waals surface area contributed by atoms with Crippen LogP contribution in [-0.4, -0.2) is 59.3 Å². The molecule has 0 fully saturated rings. The highest BCUT2D eigenvalue weighted by atomic mass is 127. The van der Waals surface area contributed by atoms with Gasteiger partial charge in [-0.25, -0.2) is 4.79 Å². The number of nitrogens with zero attached hydrogens (tertiary/aromatic N) is 3. The summed E-state index contributed by atoms with van der Waals surface area (Å²) in [6, 6.07) is 8.14. The van der Waals surface area contributed by atoms with Gasteiger partial charge in [0.25, 0.3) is 5.91 Å². The van der Waals surface area contributed by atoms with E-state index in [1.54, 1.807) is 4.90 Å². The van der Waals surface area contributed by atoms with Gasteiger partial charge in [-0.1, -0.05) is 12.1 Å². The van der Waals surface area contributed by atoms with Crippen LogP contribution in [-0.2, 0) is 16.1 Å². The standard InChI is InChI=1S/C22H29IN4O3/c1-22(2,3)30-21(29)27-12-9-18(24)17(14-27)19-20(28)26(11-4-10-25-19)13-15-5-7-16(23)8-6-15/h5-8H,4,9-14,24H2,1-3H3. The van der Waals surface area contributed by atoms with Gasteiger partial charge in [0.05, 0.1) is 6.54 Å². The van der Waals surface area contributed by atoms with Crippen molar-refractivity contribution in [3.8, 4) is 0 Å². The average Bonchev–Trinajstić information content (AvgIpc) is 2.84. The Morgan fingerprint density at radius 2 is 1.93 bits per heavy atom. The molecule has 30 heavy (non-hydrogen) atoms. The predicted octanol–water partition coefficient (Wildman–Crippen LogP) is 3.32. The molecular weight excluding hydrogens is 495 g/mol. The minimum Gasteiger partial charge on any atom is -0.444 e. The lowest BCUT2D eigenvalue weighted by Crippen LogP contribution is -2.45. The Bertz CT molecular complexity index is 871. The molecule has 2 amide bonds. The van der Waals surface area contributed by atoms with E-state index in [0.717, 1.165) is 15.6 Å². The molecule has 2 N–H and O–H groups in total. The quantitative estimate of drug-likeness (QED) is 0.615. The lowest BCUT2D eigenvalue weighted by Gasteiger charge is -2.32. The molecule has 162 valence electrons. The second kappa shape index (κ2) is 9.36. The lowest BCUT2D eigenvalue weighted by molar-refractivity contribution is -0.124. The van der Waals surface area contributed by atoms with Crippen molar-refractivity contribution in [2.45, 2.75) is 45.8 Å². The average molecular weight is 524 g/mol. The normalized spacial score (nSPS) is 18.3. The summed E-state index contributed by atoms with van der Waals surface area (Å²) in [6.45, 7) is 7.94. The number of amides is 2. The van der Waals surface area contributed by atoms with Gasteiger partial charge in [0.2, 0.25) is 0 Å². The van der Waals surface area contributed by atoms with Gasteiger partial charge in [0.1, 0.15) is 11.3 Å². The Balaban J connectivity index is 1.78. The van der Waals surface area contributed by atoms with Crippen molar-refractivity contribution in [3.05, 3.63) is 44.7 Å². The number of carbonyl (C=O) groups excluding carboxylic acids is 2. The van der Waals surface area contributed by atoms with Crippen LogP contribution < -0.4 is 5.73 Å². The first-order valence-corrected chi connectivity index (χ1v) is 11.3. The summed E-state index contributed by atoms with van der Waals surface area (Å²) in [6.07, 6.45) is 0.894. The molecule has 2 aliphatic heterocycles. The number of ether oxygens (including phenoxy) is 1. The summed E-state index contributed by atoms with van der Waals surface area (Å²) in [5.41, 5.74) is 8.42. The van der Waals surface area contributed by atoms with Gasteiger partial charge >= 0.3 is 6.09 Å². The van der Waals surface area contributed by atoms with Gasteiger partial charge in [0.15, 0.2) is 0 Å². The maximum Gasteiger partial charge on any atom is 0.410 e. The van der Waals surface area contributed by atoms with E-state index < -0.39 is 11.7 Å². The van der Waals surface area contributed by atoms with Gasteiger partial charge in [-0.3, -0.25) is 9.79 Å². The number of benzene rings is 1. The van der Waals surface area contributed by atoms with Gasteiger partial charge in [-0.2, -0.15) is 0 Å². The minimum atomic E-state index is -0.579. The Hall–Kier alpha value is -2.10. The molecule has 2 aliphatic rings. The second-order valence-electron chi connectivity index (χ2n) is 8.59. The van der Waals surface area contributed by atoms with Crippen LogP contribution in [0.3, 0.4) is 0 Å². The molecular formula is C22H29IN4O3. The smallest absolute Gasteiger partial charge is 0.410 e. The van der Waals surface area contributed by atoms with Crippen molar-refractivity contribution in [2.24, 2.45) is 10.7 Å². The molecule has 0 aromatic heterocycles. The Morgan fingerprint density at radius 3 is 2.60 bits per heavy atom. The molecule has 0 saturated heterocycles. The van der Waals surface area contributed by atoms with E-state index in [0.29, 0.717) is 49.6 Å². The van der Waals surface area contributed by atoms with Crippen LogP contribution in [0.1, 0.15) is 39.2 Å². The highest BCUT2D eigenvalue weighted by Gasteiger charge is 2.32. The van der Waals surface area contributed by atoms with Crippen LogP contribution in [0.5, 0.6) is 0 Å².